The van der Waals surface area contributed by atoms with Gasteiger partial charge >= 0.3 is 11.9 Å². The summed E-state index contributed by atoms with van der Waals surface area (Å²) in [6.07, 6.45) is 3.48. The lowest BCUT2D eigenvalue weighted by atomic mass is 9.84. The molecule has 0 bridgehead atoms. The molecule has 0 radical (unpaired) electrons. The summed E-state index contributed by atoms with van der Waals surface area (Å²) in [5.74, 6) is -0.502. The number of nitrogens with one attached hydrogen (secondary N) is 2. The smallest absolute Gasteiger partial charge is 0.308 e. The molecule has 0 aliphatic carbocycles. The van der Waals surface area contributed by atoms with Crippen molar-refractivity contribution in [3.8, 4) is 23.0 Å². The topological polar surface area (TPSA) is 156 Å². The predicted molar refractivity (Wildman–Crippen MR) is 230 cm³/mol. The summed E-state index contributed by atoms with van der Waals surface area (Å²) in [5.41, 5.74) is 2.23. The minimum Gasteiger partial charge on any atom is -0.493 e. The Morgan fingerprint density at radius 3 is 1.36 bits per heavy atom. The van der Waals surface area contributed by atoms with E-state index in [2.05, 4.69) is 30.6 Å². The SMILES string of the molecule is COc1cc2ncnc(Nc3cc(Cl)c(F)cc3CC(C)(C)COCC(C)(C)Cc3cc(F)c(Cl)cc3Nc3ncnc4cc(OC)c(OC(C)=O)cc34)c2cc1OC(C)=O. The molecule has 13 nitrogen and oxygen atoms in total. The molecule has 2 aromatic heterocycles. The molecule has 0 aliphatic heterocycles. The number of rotatable bonds is 16. The third kappa shape index (κ3) is 10.9. The monoisotopic (exact) mass is 876 g/mol. The number of hydrogen-bond acceptors (Lipinski definition) is 13. The van der Waals surface area contributed by atoms with E-state index in [1.165, 1.54) is 65.0 Å². The third-order valence-electron chi connectivity index (χ3n) is 9.47. The number of methoxy groups -OCH3 is 2. The Bertz CT molecular complexity index is 2470. The maximum Gasteiger partial charge on any atom is 0.308 e. The van der Waals surface area contributed by atoms with E-state index in [1.54, 1.807) is 24.3 Å². The van der Waals surface area contributed by atoms with Crippen LogP contribution in [0.2, 0.25) is 10.0 Å². The van der Waals surface area contributed by atoms with E-state index in [-0.39, 0.29) is 34.8 Å². The first-order valence-corrected chi connectivity index (χ1v) is 19.7. The van der Waals surface area contributed by atoms with Crippen LogP contribution in [0.3, 0.4) is 0 Å². The van der Waals surface area contributed by atoms with Crippen LogP contribution in [0.1, 0.15) is 52.7 Å². The van der Waals surface area contributed by atoms with Crippen LogP contribution in [0, 0.1) is 22.5 Å². The summed E-state index contributed by atoms with van der Waals surface area (Å²) >= 11 is 12.6. The number of nitrogens with zero attached hydrogens (tertiary/aromatic N) is 4. The highest BCUT2D eigenvalue weighted by Gasteiger charge is 2.27. The average Bonchev–Trinajstić information content (AvgIpc) is 3.17. The van der Waals surface area contributed by atoms with Crippen LogP contribution in [-0.2, 0) is 27.2 Å². The molecular weight excluding hydrogens is 833 g/mol. The molecule has 0 aliphatic rings. The van der Waals surface area contributed by atoms with Crippen LogP contribution < -0.4 is 29.6 Å². The molecule has 0 amide bonds. The standard InChI is InChI=1S/C44H44Cl2F2N6O7/c1-23(55)60-39-11-27-35(15-37(39)57-7)49-21-51-41(27)53-33-13-29(45)31(47)9-25(33)17-43(3,4)19-59-20-44(5,6)18-26-10-32(48)30(46)14-34(26)54-42-28-12-40(61-24(2)56)38(58-8)16-36(28)50-22-52-42/h9-16,21-22H,17-20H2,1-8H3,(H,49,51,53)(H,50,52,54). The maximum absolute atomic E-state index is 15.0. The summed E-state index contributed by atoms with van der Waals surface area (Å²) in [5, 5.41) is 7.44. The Labute approximate surface area is 361 Å². The second-order valence-electron chi connectivity index (χ2n) is 15.9. The molecule has 0 unspecified atom stereocenters. The maximum atomic E-state index is 15.0. The number of halogens is 4. The number of ether oxygens (including phenoxy) is 5. The van der Waals surface area contributed by atoms with Gasteiger partial charge in [0.05, 0.1) is 48.5 Å². The Kier molecular flexibility index (Phi) is 13.5. The Morgan fingerprint density at radius 1 is 0.607 bits per heavy atom. The molecule has 6 rings (SSSR count). The van der Waals surface area contributed by atoms with Gasteiger partial charge in [0.1, 0.15) is 35.9 Å². The molecule has 0 fully saturated rings. The van der Waals surface area contributed by atoms with Crippen molar-refractivity contribution in [2.24, 2.45) is 10.8 Å². The van der Waals surface area contributed by atoms with Crippen LogP contribution in [0.4, 0.5) is 31.8 Å². The first kappa shape index (κ1) is 44.6. The Hall–Kier alpha value is -5.90. The second kappa shape index (κ2) is 18.4. The second-order valence-corrected chi connectivity index (χ2v) is 16.8. The van der Waals surface area contributed by atoms with Gasteiger partial charge in [0, 0.05) is 48.1 Å². The van der Waals surface area contributed by atoms with Gasteiger partial charge in [-0.1, -0.05) is 50.9 Å². The van der Waals surface area contributed by atoms with Crippen molar-refractivity contribution in [3.05, 3.63) is 94.0 Å². The van der Waals surface area contributed by atoms with Crippen LogP contribution in [0.5, 0.6) is 23.0 Å². The predicted octanol–water partition coefficient (Wildman–Crippen LogP) is 10.4. The van der Waals surface area contributed by atoms with Gasteiger partial charge in [-0.15, -0.1) is 0 Å². The fourth-order valence-electron chi connectivity index (χ4n) is 6.81. The van der Waals surface area contributed by atoms with Gasteiger partial charge < -0.3 is 34.3 Å². The van der Waals surface area contributed by atoms with Gasteiger partial charge in [0.2, 0.25) is 0 Å². The van der Waals surface area contributed by atoms with Crippen LogP contribution >= 0.6 is 23.2 Å². The number of aromatic nitrogens is 4. The Balaban J connectivity index is 1.19. The van der Waals surface area contributed by atoms with Crippen LogP contribution in [0.15, 0.2) is 61.2 Å². The summed E-state index contributed by atoms with van der Waals surface area (Å²) in [7, 11) is 2.91. The van der Waals surface area contributed by atoms with E-state index >= 15 is 8.78 Å². The zero-order valence-corrected chi connectivity index (χ0v) is 36.3. The van der Waals surface area contributed by atoms with Crippen molar-refractivity contribution in [3.63, 3.8) is 0 Å². The van der Waals surface area contributed by atoms with Crippen LogP contribution in [0.25, 0.3) is 21.8 Å². The molecule has 2 heterocycles. The molecule has 320 valence electrons. The fraction of sp³-hybridized carbons (Fsp3) is 0.318. The van der Waals surface area contributed by atoms with E-state index in [1.807, 2.05) is 27.7 Å². The molecule has 0 atom stereocenters. The lowest BCUT2D eigenvalue weighted by Gasteiger charge is -2.30. The van der Waals surface area contributed by atoms with Gasteiger partial charge in [0.15, 0.2) is 23.0 Å². The number of hydrogen-bond donors (Lipinski definition) is 2. The van der Waals surface area contributed by atoms with Gasteiger partial charge in [-0.3, -0.25) is 9.59 Å². The molecule has 4 aromatic carbocycles. The summed E-state index contributed by atoms with van der Waals surface area (Å²) in [4.78, 5) is 41.1. The molecule has 6 aromatic rings. The number of carbonyl (C=O) groups is 2. The largest absolute Gasteiger partial charge is 0.493 e. The number of anilines is 4. The van der Waals surface area contributed by atoms with Crippen molar-refractivity contribution in [2.45, 2.75) is 54.4 Å². The highest BCUT2D eigenvalue weighted by Crippen LogP contribution is 2.40. The van der Waals surface area contributed by atoms with Crippen molar-refractivity contribution in [2.75, 3.05) is 38.1 Å². The highest BCUT2D eigenvalue weighted by molar-refractivity contribution is 6.31. The van der Waals surface area contributed by atoms with E-state index < -0.39 is 34.4 Å². The lowest BCUT2D eigenvalue weighted by molar-refractivity contribution is -0.132. The van der Waals surface area contributed by atoms with Gasteiger partial charge in [-0.05, 0) is 71.2 Å². The minimum absolute atomic E-state index is 0.0879. The quantitative estimate of drug-likeness (QED) is 0.0700. The Morgan fingerprint density at radius 2 is 1.00 bits per heavy atom. The zero-order chi connectivity index (χ0) is 44.2. The van der Waals surface area contributed by atoms with Crippen molar-refractivity contribution >= 4 is 80.0 Å². The minimum atomic E-state index is -0.589. The molecule has 2 N–H and O–H groups in total. The normalized spacial score (nSPS) is 11.7. The van der Waals surface area contributed by atoms with E-state index in [4.69, 9.17) is 46.9 Å². The van der Waals surface area contributed by atoms with E-state index in [0.29, 0.717) is 80.3 Å². The molecule has 17 heteroatoms. The number of carbonyl (C=O) groups excluding carboxylic acids is 2. The van der Waals surface area contributed by atoms with Crippen LogP contribution in [-0.4, -0.2) is 59.3 Å². The molecular formula is C44H44Cl2F2N6O7. The molecule has 61 heavy (non-hydrogen) atoms. The van der Waals surface area contributed by atoms with Crippen molar-refractivity contribution < 1.29 is 42.1 Å². The number of fused-ring (bicyclic) bond motifs is 2. The summed E-state index contributed by atoms with van der Waals surface area (Å²) in [6.45, 7) is 11.1. The molecule has 0 saturated heterocycles. The van der Waals surface area contributed by atoms with Gasteiger partial charge in [0.25, 0.3) is 0 Å². The van der Waals surface area contributed by atoms with Gasteiger partial charge in [-0.25, -0.2) is 28.7 Å². The molecule has 0 spiro atoms. The first-order valence-electron chi connectivity index (χ1n) is 19.0. The summed E-state index contributed by atoms with van der Waals surface area (Å²) < 4.78 is 58.0. The molecule has 0 saturated carbocycles. The van der Waals surface area contributed by atoms with Gasteiger partial charge in [-0.2, -0.15) is 0 Å². The first-order chi connectivity index (χ1) is 28.8. The highest BCUT2D eigenvalue weighted by atomic mass is 35.5. The summed E-state index contributed by atoms with van der Waals surface area (Å²) in [6, 6.07) is 12.2. The lowest BCUT2D eigenvalue weighted by Crippen LogP contribution is -2.28. The van der Waals surface area contributed by atoms with Crippen molar-refractivity contribution in [1.82, 2.24) is 19.9 Å². The van der Waals surface area contributed by atoms with Crippen molar-refractivity contribution in [1.29, 1.82) is 0 Å². The number of esters is 2. The third-order valence-corrected chi connectivity index (χ3v) is 10.1. The zero-order valence-electron chi connectivity index (χ0n) is 34.8. The number of benzene rings is 4. The van der Waals surface area contributed by atoms with E-state index in [0.717, 1.165) is 0 Å². The average molecular weight is 878 g/mol. The van der Waals surface area contributed by atoms with E-state index in [9.17, 15) is 9.59 Å². The fourth-order valence-corrected chi connectivity index (χ4v) is 7.14.